The van der Waals surface area contributed by atoms with Crippen molar-refractivity contribution in [3.8, 4) is 12.3 Å². The van der Waals surface area contributed by atoms with Crippen molar-refractivity contribution in [3.05, 3.63) is 29.8 Å². The fourth-order valence-corrected chi connectivity index (χ4v) is 2.39. The standard InChI is InChI=1S/C14H18O5S/c1-3-7-17-8-9-18-10-11-19-20(15,16)14-6-4-5-13(2)12-14/h1,4-6,12H,7-11H2,2H3. The first-order valence-corrected chi connectivity index (χ1v) is 7.52. The van der Waals surface area contributed by atoms with E-state index in [0.717, 1.165) is 5.56 Å². The minimum atomic E-state index is -3.72. The molecular formula is C14H18O5S. The molecule has 0 fully saturated rings. The summed E-state index contributed by atoms with van der Waals surface area (Å²) in [4.78, 5) is 0.148. The Labute approximate surface area is 120 Å². The van der Waals surface area contributed by atoms with Crippen LogP contribution in [0.2, 0.25) is 0 Å². The highest BCUT2D eigenvalue weighted by Crippen LogP contribution is 2.13. The molecule has 20 heavy (non-hydrogen) atoms. The second kappa shape index (κ2) is 8.72. The van der Waals surface area contributed by atoms with Crippen LogP contribution in [0, 0.1) is 19.3 Å². The molecule has 0 aliphatic carbocycles. The van der Waals surface area contributed by atoms with Crippen LogP contribution in [0.1, 0.15) is 5.56 Å². The van der Waals surface area contributed by atoms with Crippen LogP contribution in [0.5, 0.6) is 0 Å². The lowest BCUT2D eigenvalue weighted by Gasteiger charge is -2.07. The molecule has 0 aliphatic rings. The summed E-state index contributed by atoms with van der Waals surface area (Å²) in [6.07, 6.45) is 5.00. The second-order valence-corrected chi connectivity index (χ2v) is 5.58. The maximum absolute atomic E-state index is 11.8. The Balaban J connectivity index is 2.26. The number of ether oxygens (including phenoxy) is 2. The molecule has 1 aromatic rings. The van der Waals surface area contributed by atoms with E-state index in [0.29, 0.717) is 13.2 Å². The van der Waals surface area contributed by atoms with Gasteiger partial charge in [0.25, 0.3) is 10.1 Å². The van der Waals surface area contributed by atoms with Crippen LogP contribution in [0.3, 0.4) is 0 Å². The van der Waals surface area contributed by atoms with Gasteiger partial charge in [-0.05, 0) is 24.6 Å². The molecule has 0 heterocycles. The van der Waals surface area contributed by atoms with E-state index >= 15 is 0 Å². The Morgan fingerprint density at radius 3 is 2.55 bits per heavy atom. The Morgan fingerprint density at radius 1 is 1.15 bits per heavy atom. The van der Waals surface area contributed by atoms with Crippen LogP contribution in [0.4, 0.5) is 0 Å². The van der Waals surface area contributed by atoms with Gasteiger partial charge in [-0.3, -0.25) is 4.18 Å². The average Bonchev–Trinajstić information content (AvgIpc) is 2.42. The maximum atomic E-state index is 11.8. The van der Waals surface area contributed by atoms with Gasteiger partial charge in [-0.15, -0.1) is 6.42 Å². The topological polar surface area (TPSA) is 61.8 Å². The lowest BCUT2D eigenvalue weighted by atomic mass is 10.2. The molecule has 0 saturated carbocycles. The average molecular weight is 298 g/mol. The van der Waals surface area contributed by atoms with Crippen LogP contribution < -0.4 is 0 Å². The third-order valence-electron chi connectivity index (χ3n) is 2.30. The zero-order valence-corrected chi connectivity index (χ0v) is 12.2. The summed E-state index contributed by atoms with van der Waals surface area (Å²) >= 11 is 0. The Morgan fingerprint density at radius 2 is 1.85 bits per heavy atom. The van der Waals surface area contributed by atoms with E-state index < -0.39 is 10.1 Å². The van der Waals surface area contributed by atoms with Gasteiger partial charge in [0.15, 0.2) is 0 Å². The van der Waals surface area contributed by atoms with Crippen molar-refractivity contribution in [1.82, 2.24) is 0 Å². The van der Waals surface area contributed by atoms with Crippen molar-refractivity contribution in [2.45, 2.75) is 11.8 Å². The highest BCUT2D eigenvalue weighted by Gasteiger charge is 2.14. The Hall–Kier alpha value is -1.39. The summed E-state index contributed by atoms with van der Waals surface area (Å²) < 4.78 is 38.7. The van der Waals surface area contributed by atoms with E-state index in [-0.39, 0.29) is 24.7 Å². The van der Waals surface area contributed by atoms with Crippen LogP contribution in [0.25, 0.3) is 0 Å². The van der Waals surface area contributed by atoms with Crippen LogP contribution >= 0.6 is 0 Å². The normalized spacial score (nSPS) is 11.2. The van der Waals surface area contributed by atoms with E-state index in [4.69, 9.17) is 20.1 Å². The number of hydrogen-bond donors (Lipinski definition) is 0. The molecule has 0 atom stereocenters. The Kier molecular flexibility index (Phi) is 7.26. The summed E-state index contributed by atoms with van der Waals surface area (Å²) in [5.41, 5.74) is 0.858. The van der Waals surface area contributed by atoms with Crippen molar-refractivity contribution < 1.29 is 22.1 Å². The molecule has 0 N–H and O–H groups in total. The lowest BCUT2D eigenvalue weighted by molar-refractivity contribution is 0.0471. The van der Waals surface area contributed by atoms with E-state index in [1.165, 1.54) is 6.07 Å². The summed E-state index contributed by atoms with van der Waals surface area (Å²) in [7, 11) is -3.72. The van der Waals surface area contributed by atoms with Crippen molar-refractivity contribution in [3.63, 3.8) is 0 Å². The van der Waals surface area contributed by atoms with Gasteiger partial charge in [0.05, 0.1) is 31.3 Å². The molecule has 0 radical (unpaired) electrons. The fraction of sp³-hybridized carbons (Fsp3) is 0.429. The third-order valence-corrected chi connectivity index (χ3v) is 3.61. The third kappa shape index (κ3) is 6.17. The maximum Gasteiger partial charge on any atom is 0.297 e. The molecule has 110 valence electrons. The molecule has 0 aromatic heterocycles. The van der Waals surface area contributed by atoms with Gasteiger partial charge in [0.1, 0.15) is 6.61 Å². The highest BCUT2D eigenvalue weighted by molar-refractivity contribution is 7.86. The molecule has 0 saturated heterocycles. The minimum Gasteiger partial charge on any atom is -0.377 e. The minimum absolute atomic E-state index is 0.0363. The fourth-order valence-electron chi connectivity index (χ4n) is 1.39. The molecule has 0 unspecified atom stereocenters. The van der Waals surface area contributed by atoms with Gasteiger partial charge < -0.3 is 9.47 Å². The van der Waals surface area contributed by atoms with Crippen molar-refractivity contribution in [2.75, 3.05) is 33.0 Å². The van der Waals surface area contributed by atoms with E-state index in [1.54, 1.807) is 12.1 Å². The molecule has 5 nitrogen and oxygen atoms in total. The zero-order chi connectivity index (χ0) is 14.8. The van der Waals surface area contributed by atoms with Crippen molar-refractivity contribution in [2.24, 2.45) is 0 Å². The van der Waals surface area contributed by atoms with Crippen molar-refractivity contribution >= 4 is 10.1 Å². The first-order chi connectivity index (χ1) is 9.56. The lowest BCUT2D eigenvalue weighted by Crippen LogP contribution is -2.13. The quantitative estimate of drug-likeness (QED) is 0.391. The summed E-state index contributed by atoms with van der Waals surface area (Å²) in [6.45, 7) is 2.90. The first kappa shape index (κ1) is 16.7. The van der Waals surface area contributed by atoms with Gasteiger partial charge >= 0.3 is 0 Å². The summed E-state index contributed by atoms with van der Waals surface area (Å²) in [5.74, 6) is 2.33. The van der Waals surface area contributed by atoms with Gasteiger partial charge in [0.2, 0.25) is 0 Å². The van der Waals surface area contributed by atoms with E-state index in [9.17, 15) is 8.42 Å². The smallest absolute Gasteiger partial charge is 0.297 e. The largest absolute Gasteiger partial charge is 0.377 e. The molecule has 0 amide bonds. The number of rotatable bonds is 9. The molecule has 6 heteroatoms. The number of aryl methyl sites for hydroxylation is 1. The highest BCUT2D eigenvalue weighted by atomic mass is 32.2. The molecule has 0 aliphatic heterocycles. The van der Waals surface area contributed by atoms with E-state index in [2.05, 4.69) is 5.92 Å². The van der Waals surface area contributed by atoms with E-state index in [1.807, 2.05) is 13.0 Å². The zero-order valence-electron chi connectivity index (χ0n) is 11.4. The van der Waals surface area contributed by atoms with Crippen LogP contribution in [-0.2, 0) is 23.8 Å². The van der Waals surface area contributed by atoms with Gasteiger partial charge in [0, 0.05) is 0 Å². The number of benzene rings is 1. The predicted molar refractivity (Wildman–Crippen MR) is 74.8 cm³/mol. The molecular weight excluding hydrogens is 280 g/mol. The summed E-state index contributed by atoms with van der Waals surface area (Å²) in [5, 5.41) is 0. The molecule has 0 bridgehead atoms. The monoisotopic (exact) mass is 298 g/mol. The first-order valence-electron chi connectivity index (χ1n) is 6.11. The van der Waals surface area contributed by atoms with Gasteiger partial charge in [-0.1, -0.05) is 18.1 Å². The predicted octanol–water partition coefficient (Wildman–Crippen LogP) is 1.37. The number of terminal acetylenes is 1. The second-order valence-electron chi connectivity index (χ2n) is 3.96. The molecule has 0 spiro atoms. The number of hydrogen-bond acceptors (Lipinski definition) is 5. The van der Waals surface area contributed by atoms with Crippen molar-refractivity contribution in [1.29, 1.82) is 0 Å². The van der Waals surface area contributed by atoms with Gasteiger partial charge in [-0.25, -0.2) is 0 Å². The Bertz CT molecular complexity index is 545. The van der Waals surface area contributed by atoms with Crippen LogP contribution in [-0.4, -0.2) is 41.5 Å². The molecule has 1 aromatic carbocycles. The molecule has 1 rings (SSSR count). The van der Waals surface area contributed by atoms with Gasteiger partial charge in [-0.2, -0.15) is 8.42 Å². The SMILES string of the molecule is C#CCOCCOCCOS(=O)(=O)c1cccc(C)c1. The summed E-state index contributed by atoms with van der Waals surface area (Å²) in [6, 6.07) is 6.55. The van der Waals surface area contributed by atoms with Crippen LogP contribution in [0.15, 0.2) is 29.2 Å².